The first-order valence-corrected chi connectivity index (χ1v) is 7.74. The fourth-order valence-electron chi connectivity index (χ4n) is 3.19. The molecule has 3 nitrogen and oxygen atoms in total. The number of piperidine rings is 1. The van der Waals surface area contributed by atoms with E-state index in [1.807, 2.05) is 0 Å². The first-order valence-electron chi connectivity index (χ1n) is 7.74. The van der Waals surface area contributed by atoms with Gasteiger partial charge in [-0.3, -0.25) is 0 Å². The molecule has 104 valence electrons. The van der Waals surface area contributed by atoms with Crippen molar-refractivity contribution in [1.29, 1.82) is 0 Å². The molecule has 3 heteroatoms. The number of anilines is 2. The Hall–Kier alpha value is -1.22. The molecule has 19 heavy (non-hydrogen) atoms. The summed E-state index contributed by atoms with van der Waals surface area (Å²) in [6, 6.07) is 8.73. The zero-order chi connectivity index (χ0) is 12.9. The van der Waals surface area contributed by atoms with Gasteiger partial charge in [0.25, 0.3) is 0 Å². The van der Waals surface area contributed by atoms with Gasteiger partial charge < -0.3 is 15.1 Å². The molecule has 0 bridgehead atoms. The number of benzene rings is 1. The molecule has 3 rings (SSSR count). The Kier molecular flexibility index (Phi) is 4.23. The van der Waals surface area contributed by atoms with E-state index < -0.39 is 0 Å². The predicted octanol–water partition coefficient (Wildman–Crippen LogP) is 2.79. The Morgan fingerprint density at radius 2 is 1.74 bits per heavy atom. The summed E-state index contributed by atoms with van der Waals surface area (Å²) in [5.41, 5.74) is 2.69. The van der Waals surface area contributed by atoms with Crippen molar-refractivity contribution in [2.75, 3.05) is 49.5 Å². The molecule has 1 fully saturated rings. The number of nitrogens with zero attached hydrogens (tertiary/aromatic N) is 2. The minimum atomic E-state index is 1.09. The molecule has 0 atom stereocenters. The van der Waals surface area contributed by atoms with Crippen LogP contribution in [0.25, 0.3) is 0 Å². The quantitative estimate of drug-likeness (QED) is 0.900. The van der Waals surface area contributed by atoms with Gasteiger partial charge in [0.1, 0.15) is 0 Å². The van der Waals surface area contributed by atoms with Crippen molar-refractivity contribution >= 4 is 11.4 Å². The molecule has 1 N–H and O–H groups in total. The van der Waals surface area contributed by atoms with Crippen LogP contribution in [0.15, 0.2) is 24.3 Å². The maximum atomic E-state index is 3.54. The summed E-state index contributed by atoms with van der Waals surface area (Å²) >= 11 is 0. The third-order valence-electron chi connectivity index (χ3n) is 4.30. The number of hydrogen-bond acceptors (Lipinski definition) is 3. The molecular formula is C16H25N3. The monoisotopic (exact) mass is 259 g/mol. The van der Waals surface area contributed by atoms with E-state index in [-0.39, 0.29) is 0 Å². The number of fused-ring (bicyclic) bond motifs is 1. The zero-order valence-electron chi connectivity index (χ0n) is 11.8. The van der Waals surface area contributed by atoms with E-state index in [9.17, 15) is 0 Å². The summed E-state index contributed by atoms with van der Waals surface area (Å²) in [6.45, 7) is 7.25. The van der Waals surface area contributed by atoms with Gasteiger partial charge >= 0.3 is 0 Å². The Morgan fingerprint density at radius 1 is 0.895 bits per heavy atom. The molecule has 2 aliphatic heterocycles. The molecule has 1 aromatic rings. The van der Waals surface area contributed by atoms with Crippen LogP contribution < -0.4 is 10.2 Å². The van der Waals surface area contributed by atoms with E-state index in [1.165, 1.54) is 69.8 Å². The Bertz CT molecular complexity index is 399. The van der Waals surface area contributed by atoms with Crippen LogP contribution in [0.5, 0.6) is 0 Å². The maximum absolute atomic E-state index is 3.54. The van der Waals surface area contributed by atoms with Crippen LogP contribution in [0.1, 0.15) is 25.7 Å². The molecule has 2 heterocycles. The molecule has 1 aromatic carbocycles. The lowest BCUT2D eigenvalue weighted by atomic mass is 10.1. The first kappa shape index (κ1) is 12.8. The van der Waals surface area contributed by atoms with Gasteiger partial charge in [-0.05, 0) is 44.5 Å². The average Bonchev–Trinajstić information content (AvgIpc) is 2.68. The highest BCUT2D eigenvalue weighted by molar-refractivity contribution is 5.70. The third-order valence-corrected chi connectivity index (χ3v) is 4.30. The van der Waals surface area contributed by atoms with E-state index in [1.54, 1.807) is 0 Å². The van der Waals surface area contributed by atoms with Crippen molar-refractivity contribution in [3.8, 4) is 0 Å². The van der Waals surface area contributed by atoms with Crippen LogP contribution in [0.3, 0.4) is 0 Å². The minimum Gasteiger partial charge on any atom is -0.383 e. The smallest absolute Gasteiger partial charge is 0.0602 e. The molecule has 0 unspecified atom stereocenters. The lowest BCUT2D eigenvalue weighted by Crippen LogP contribution is -2.38. The Balaban J connectivity index is 1.63. The van der Waals surface area contributed by atoms with E-state index in [0.717, 1.165) is 6.54 Å². The number of rotatable bonds is 3. The predicted molar refractivity (Wildman–Crippen MR) is 82.1 cm³/mol. The van der Waals surface area contributed by atoms with Gasteiger partial charge in [-0.15, -0.1) is 0 Å². The van der Waals surface area contributed by atoms with E-state index in [0.29, 0.717) is 0 Å². The summed E-state index contributed by atoms with van der Waals surface area (Å²) in [5, 5.41) is 3.54. The van der Waals surface area contributed by atoms with Crippen LogP contribution in [0.4, 0.5) is 11.4 Å². The summed E-state index contributed by atoms with van der Waals surface area (Å²) < 4.78 is 0. The molecule has 0 radical (unpaired) electrons. The molecule has 0 aliphatic carbocycles. The zero-order valence-corrected chi connectivity index (χ0v) is 11.8. The summed E-state index contributed by atoms with van der Waals surface area (Å²) in [6.07, 6.45) is 5.43. The molecule has 2 aliphatic rings. The lowest BCUT2D eigenvalue weighted by molar-refractivity contribution is 0.233. The number of likely N-dealkylation sites (tertiary alicyclic amines) is 1. The van der Waals surface area contributed by atoms with Gasteiger partial charge in [-0.25, -0.2) is 0 Å². The molecule has 0 amide bonds. The van der Waals surface area contributed by atoms with Crippen molar-refractivity contribution < 1.29 is 0 Å². The fraction of sp³-hybridized carbons (Fsp3) is 0.625. The standard InChI is InChI=1S/C16H25N3/c1-4-10-18(11-5-1)13-14-19-12-6-9-17-15-7-2-3-8-16(15)19/h2-3,7-8,17H,1,4-6,9-14H2. The first-order chi connectivity index (χ1) is 9.43. The Morgan fingerprint density at radius 3 is 2.63 bits per heavy atom. The maximum Gasteiger partial charge on any atom is 0.0602 e. The van der Waals surface area contributed by atoms with Gasteiger partial charge in [-0.1, -0.05) is 18.6 Å². The van der Waals surface area contributed by atoms with Crippen LogP contribution in [0.2, 0.25) is 0 Å². The van der Waals surface area contributed by atoms with Gasteiger partial charge in [-0.2, -0.15) is 0 Å². The lowest BCUT2D eigenvalue weighted by Gasteiger charge is -2.31. The van der Waals surface area contributed by atoms with Crippen LogP contribution >= 0.6 is 0 Å². The number of hydrogen-bond donors (Lipinski definition) is 1. The highest BCUT2D eigenvalue weighted by Crippen LogP contribution is 2.27. The second kappa shape index (κ2) is 6.29. The summed E-state index contributed by atoms with van der Waals surface area (Å²) in [4.78, 5) is 5.19. The van der Waals surface area contributed by atoms with Crippen LogP contribution in [-0.2, 0) is 0 Å². The average molecular weight is 259 g/mol. The van der Waals surface area contributed by atoms with Gasteiger partial charge in [0.05, 0.1) is 11.4 Å². The van der Waals surface area contributed by atoms with Gasteiger partial charge in [0, 0.05) is 26.2 Å². The molecule has 1 saturated heterocycles. The van der Waals surface area contributed by atoms with Crippen molar-refractivity contribution in [3.05, 3.63) is 24.3 Å². The fourth-order valence-corrected chi connectivity index (χ4v) is 3.19. The highest BCUT2D eigenvalue weighted by atomic mass is 15.2. The summed E-state index contributed by atoms with van der Waals surface area (Å²) in [7, 11) is 0. The van der Waals surface area contributed by atoms with E-state index >= 15 is 0 Å². The van der Waals surface area contributed by atoms with E-state index in [4.69, 9.17) is 0 Å². The van der Waals surface area contributed by atoms with Crippen molar-refractivity contribution in [2.24, 2.45) is 0 Å². The van der Waals surface area contributed by atoms with Crippen molar-refractivity contribution in [1.82, 2.24) is 4.90 Å². The van der Waals surface area contributed by atoms with Crippen LogP contribution in [0, 0.1) is 0 Å². The highest BCUT2D eigenvalue weighted by Gasteiger charge is 2.16. The largest absolute Gasteiger partial charge is 0.383 e. The van der Waals surface area contributed by atoms with Crippen molar-refractivity contribution in [3.63, 3.8) is 0 Å². The SMILES string of the molecule is c1ccc2c(c1)NCCCN2CCN1CCCCC1. The second-order valence-corrected chi connectivity index (χ2v) is 5.69. The van der Waals surface area contributed by atoms with Crippen LogP contribution in [-0.4, -0.2) is 44.2 Å². The molecule has 0 spiro atoms. The Labute approximate surface area is 116 Å². The topological polar surface area (TPSA) is 18.5 Å². The second-order valence-electron chi connectivity index (χ2n) is 5.69. The summed E-state index contributed by atoms with van der Waals surface area (Å²) in [5.74, 6) is 0. The normalized spacial score (nSPS) is 20.5. The number of nitrogens with one attached hydrogen (secondary N) is 1. The third kappa shape index (κ3) is 3.21. The van der Waals surface area contributed by atoms with Gasteiger partial charge in [0.2, 0.25) is 0 Å². The van der Waals surface area contributed by atoms with E-state index in [2.05, 4.69) is 39.4 Å². The molecule has 0 saturated carbocycles. The number of para-hydroxylation sites is 2. The minimum absolute atomic E-state index is 1.09. The molecular weight excluding hydrogens is 234 g/mol. The van der Waals surface area contributed by atoms with Crippen molar-refractivity contribution in [2.45, 2.75) is 25.7 Å². The molecule has 0 aromatic heterocycles. The van der Waals surface area contributed by atoms with Gasteiger partial charge in [0.15, 0.2) is 0 Å².